The zero-order chi connectivity index (χ0) is 21.8. The van der Waals surface area contributed by atoms with E-state index < -0.39 is 17.8 Å². The second-order valence-electron chi connectivity index (χ2n) is 7.66. The highest BCUT2D eigenvalue weighted by molar-refractivity contribution is 5.94. The lowest BCUT2D eigenvalue weighted by Gasteiger charge is -2.36. The minimum Gasteiger partial charge on any atom is -0.361 e. The van der Waals surface area contributed by atoms with Crippen LogP contribution in [0.5, 0.6) is 0 Å². The van der Waals surface area contributed by atoms with Crippen LogP contribution in [0.15, 0.2) is 59.1 Å². The number of nitrogens with zero attached hydrogens (tertiary/aromatic N) is 2. The number of H-pyrrole nitrogens is 1. The molecule has 0 fully saturated rings. The Morgan fingerprint density at radius 1 is 1.16 bits per heavy atom. The number of nitrogens with one attached hydrogen (secondary N) is 1. The van der Waals surface area contributed by atoms with Crippen molar-refractivity contribution in [1.82, 2.24) is 15.0 Å². The van der Waals surface area contributed by atoms with Gasteiger partial charge in [-0.3, -0.25) is 4.79 Å². The fraction of sp³-hybridized carbons (Fsp3) is 0.217. The Balaban J connectivity index is 1.68. The van der Waals surface area contributed by atoms with E-state index in [4.69, 9.17) is 4.52 Å². The standard InChI is InChI=1S/C23H18F3N3O2/c1-13-11-19(28-31-13)22(30)29-10-9-17-16-7-2-3-8-18(16)27-20(17)21(29)14-5-4-6-15(12-14)23(24,25)26/h2-8,11-12,21,27H,9-10H2,1H3/t21-/m0/s1. The molecule has 0 radical (unpaired) electrons. The lowest BCUT2D eigenvalue weighted by molar-refractivity contribution is -0.137. The third-order valence-electron chi connectivity index (χ3n) is 5.67. The number of aryl methyl sites for hydroxylation is 1. The predicted octanol–water partition coefficient (Wildman–Crippen LogP) is 5.27. The van der Waals surface area contributed by atoms with Gasteiger partial charge in [-0.05, 0) is 42.7 Å². The Labute approximate surface area is 175 Å². The van der Waals surface area contributed by atoms with Crippen LogP contribution in [0.4, 0.5) is 13.2 Å². The second kappa shape index (κ2) is 7.01. The summed E-state index contributed by atoms with van der Waals surface area (Å²) in [5, 5.41) is 4.83. The first-order valence-corrected chi connectivity index (χ1v) is 9.84. The lowest BCUT2D eigenvalue weighted by Crippen LogP contribution is -2.40. The van der Waals surface area contributed by atoms with Gasteiger partial charge in [0.05, 0.1) is 11.6 Å². The molecule has 0 aliphatic carbocycles. The number of carbonyl (C=O) groups is 1. The van der Waals surface area contributed by atoms with E-state index in [1.54, 1.807) is 17.9 Å². The Morgan fingerprint density at radius 2 is 1.97 bits per heavy atom. The quantitative estimate of drug-likeness (QED) is 0.476. The summed E-state index contributed by atoms with van der Waals surface area (Å²) in [6.45, 7) is 2.03. The van der Waals surface area contributed by atoms with E-state index >= 15 is 0 Å². The molecule has 5 rings (SSSR count). The minimum atomic E-state index is -4.48. The van der Waals surface area contributed by atoms with E-state index in [0.29, 0.717) is 24.3 Å². The summed E-state index contributed by atoms with van der Waals surface area (Å²) in [5.74, 6) is 0.103. The summed E-state index contributed by atoms with van der Waals surface area (Å²) in [5.41, 5.74) is 2.39. The summed E-state index contributed by atoms with van der Waals surface area (Å²) in [4.78, 5) is 18.2. The molecule has 1 atom stereocenters. The summed E-state index contributed by atoms with van der Waals surface area (Å²) in [6.07, 6.45) is -3.90. The van der Waals surface area contributed by atoms with Gasteiger partial charge >= 0.3 is 6.18 Å². The van der Waals surface area contributed by atoms with Gasteiger partial charge in [-0.1, -0.05) is 35.5 Å². The predicted molar refractivity (Wildman–Crippen MR) is 108 cm³/mol. The van der Waals surface area contributed by atoms with Crippen LogP contribution in [0, 0.1) is 6.92 Å². The van der Waals surface area contributed by atoms with Crippen molar-refractivity contribution in [2.75, 3.05) is 6.54 Å². The molecule has 2 aromatic carbocycles. The molecule has 2 aromatic heterocycles. The average Bonchev–Trinajstić information content (AvgIpc) is 3.35. The molecule has 31 heavy (non-hydrogen) atoms. The maximum Gasteiger partial charge on any atom is 0.416 e. The fourth-order valence-corrected chi connectivity index (χ4v) is 4.31. The highest BCUT2D eigenvalue weighted by Gasteiger charge is 2.37. The van der Waals surface area contributed by atoms with Gasteiger partial charge in [-0.15, -0.1) is 0 Å². The molecule has 8 heteroatoms. The van der Waals surface area contributed by atoms with Crippen molar-refractivity contribution in [3.63, 3.8) is 0 Å². The van der Waals surface area contributed by atoms with Gasteiger partial charge in [-0.2, -0.15) is 13.2 Å². The Bertz CT molecular complexity index is 1290. The number of hydrogen-bond acceptors (Lipinski definition) is 3. The van der Waals surface area contributed by atoms with E-state index in [1.165, 1.54) is 12.1 Å². The monoisotopic (exact) mass is 425 g/mol. The minimum absolute atomic E-state index is 0.133. The van der Waals surface area contributed by atoms with E-state index in [0.717, 1.165) is 34.3 Å². The number of aromatic amines is 1. The fourth-order valence-electron chi connectivity index (χ4n) is 4.31. The van der Waals surface area contributed by atoms with Crippen LogP contribution in [0.1, 0.15) is 44.7 Å². The zero-order valence-electron chi connectivity index (χ0n) is 16.5. The molecule has 5 nitrogen and oxygen atoms in total. The highest BCUT2D eigenvalue weighted by Crippen LogP contribution is 2.40. The molecule has 1 aliphatic heterocycles. The molecule has 0 saturated heterocycles. The van der Waals surface area contributed by atoms with Crippen LogP contribution in [0.2, 0.25) is 0 Å². The van der Waals surface area contributed by atoms with Crippen LogP contribution < -0.4 is 0 Å². The average molecular weight is 425 g/mol. The molecule has 0 spiro atoms. The second-order valence-corrected chi connectivity index (χ2v) is 7.66. The van der Waals surface area contributed by atoms with Crippen molar-refractivity contribution in [1.29, 1.82) is 0 Å². The topological polar surface area (TPSA) is 62.1 Å². The Morgan fingerprint density at radius 3 is 2.71 bits per heavy atom. The zero-order valence-corrected chi connectivity index (χ0v) is 16.5. The molecule has 1 amide bonds. The number of halogens is 3. The van der Waals surface area contributed by atoms with Crippen LogP contribution >= 0.6 is 0 Å². The maximum absolute atomic E-state index is 13.4. The first kappa shape index (κ1) is 19.4. The summed E-state index contributed by atoms with van der Waals surface area (Å²) in [7, 11) is 0. The molecule has 0 unspecified atom stereocenters. The van der Waals surface area contributed by atoms with E-state index in [-0.39, 0.29) is 11.6 Å². The first-order chi connectivity index (χ1) is 14.8. The Hall–Kier alpha value is -3.55. The van der Waals surface area contributed by atoms with E-state index in [2.05, 4.69) is 10.1 Å². The number of alkyl halides is 3. The SMILES string of the molecule is Cc1cc(C(=O)N2CCc3c([nH]c4ccccc34)[C@@H]2c2cccc(C(F)(F)F)c2)no1. The number of para-hydroxylation sites is 1. The molecule has 1 N–H and O–H groups in total. The van der Waals surface area contributed by atoms with Gasteiger partial charge in [0.1, 0.15) is 5.76 Å². The van der Waals surface area contributed by atoms with Gasteiger partial charge in [0.15, 0.2) is 5.69 Å². The molecule has 1 aliphatic rings. The normalized spacial score (nSPS) is 16.5. The molecule has 0 saturated carbocycles. The molecule has 0 bridgehead atoms. The van der Waals surface area contributed by atoms with E-state index in [9.17, 15) is 18.0 Å². The van der Waals surface area contributed by atoms with Gasteiger partial charge in [0.25, 0.3) is 5.91 Å². The van der Waals surface area contributed by atoms with Gasteiger partial charge < -0.3 is 14.4 Å². The van der Waals surface area contributed by atoms with Crippen LogP contribution in [0.25, 0.3) is 10.9 Å². The van der Waals surface area contributed by atoms with Crippen molar-refractivity contribution in [3.8, 4) is 0 Å². The number of hydrogen-bond donors (Lipinski definition) is 1. The smallest absolute Gasteiger partial charge is 0.361 e. The summed E-state index contributed by atoms with van der Waals surface area (Å²) in [6, 6.07) is 13.7. The summed E-state index contributed by atoms with van der Waals surface area (Å²) < 4.78 is 45.3. The van der Waals surface area contributed by atoms with Crippen LogP contribution in [-0.2, 0) is 12.6 Å². The van der Waals surface area contributed by atoms with Crippen molar-refractivity contribution in [3.05, 3.63) is 88.4 Å². The van der Waals surface area contributed by atoms with Crippen molar-refractivity contribution in [2.45, 2.75) is 25.6 Å². The van der Waals surface area contributed by atoms with Crippen LogP contribution in [0.3, 0.4) is 0 Å². The maximum atomic E-state index is 13.4. The number of amides is 1. The van der Waals surface area contributed by atoms with Crippen molar-refractivity contribution >= 4 is 16.8 Å². The molecular formula is C23H18F3N3O2. The number of fused-ring (bicyclic) bond motifs is 3. The molecule has 3 heterocycles. The molecule has 4 aromatic rings. The first-order valence-electron chi connectivity index (χ1n) is 9.84. The highest BCUT2D eigenvalue weighted by atomic mass is 19.4. The number of benzene rings is 2. The van der Waals surface area contributed by atoms with Gasteiger partial charge in [0.2, 0.25) is 0 Å². The number of aromatic nitrogens is 2. The lowest BCUT2D eigenvalue weighted by atomic mass is 9.91. The summed E-state index contributed by atoms with van der Waals surface area (Å²) >= 11 is 0. The van der Waals surface area contributed by atoms with Crippen molar-refractivity contribution < 1.29 is 22.5 Å². The third-order valence-corrected chi connectivity index (χ3v) is 5.67. The number of carbonyl (C=O) groups excluding carboxylic acids is 1. The van der Waals surface area contributed by atoms with Crippen LogP contribution in [-0.4, -0.2) is 27.5 Å². The molecule has 158 valence electrons. The Kier molecular flexibility index (Phi) is 4.39. The molecular weight excluding hydrogens is 407 g/mol. The van der Waals surface area contributed by atoms with E-state index in [1.807, 2.05) is 24.3 Å². The van der Waals surface area contributed by atoms with Gasteiger partial charge in [0, 0.05) is 29.2 Å². The number of rotatable bonds is 2. The van der Waals surface area contributed by atoms with Crippen molar-refractivity contribution in [2.24, 2.45) is 0 Å². The largest absolute Gasteiger partial charge is 0.416 e. The van der Waals surface area contributed by atoms with Gasteiger partial charge in [-0.25, -0.2) is 0 Å². The third kappa shape index (κ3) is 3.28.